The highest BCUT2D eigenvalue weighted by Crippen LogP contribution is 2.18. The number of rotatable bonds is 4. The van der Waals surface area contributed by atoms with Crippen LogP contribution in [0.15, 0.2) is 24.4 Å². The fourth-order valence-corrected chi connectivity index (χ4v) is 2.35. The average molecular weight is 383 g/mol. The van der Waals surface area contributed by atoms with E-state index in [2.05, 4.69) is 33.0 Å². The van der Waals surface area contributed by atoms with Crippen molar-refractivity contribution in [3.63, 3.8) is 0 Å². The molecule has 20 heavy (non-hydrogen) atoms. The number of amides is 1. The lowest BCUT2D eigenvalue weighted by Gasteiger charge is -2.10. The molecule has 0 bridgehead atoms. The van der Waals surface area contributed by atoms with Crippen molar-refractivity contribution < 1.29 is 4.79 Å². The maximum atomic E-state index is 12.0. The minimum atomic E-state index is 0.0156. The summed E-state index contributed by atoms with van der Waals surface area (Å²) in [6, 6.07) is 5.93. The molecule has 0 saturated heterocycles. The monoisotopic (exact) mass is 383 g/mol. The molecule has 0 atom stereocenters. The van der Waals surface area contributed by atoms with Crippen molar-refractivity contribution in [3.05, 3.63) is 44.8 Å². The Kier molecular flexibility index (Phi) is 4.80. The van der Waals surface area contributed by atoms with Gasteiger partial charge in [-0.3, -0.25) is 9.48 Å². The molecule has 0 saturated carbocycles. The fourth-order valence-electron chi connectivity index (χ4n) is 1.92. The molecule has 0 aliphatic heterocycles. The van der Waals surface area contributed by atoms with Gasteiger partial charge in [0.15, 0.2) is 0 Å². The summed E-state index contributed by atoms with van der Waals surface area (Å²) in [5, 5.41) is 7.31. The molecular weight excluding hydrogens is 365 g/mol. The molecule has 2 aromatic rings. The standard InChI is InChI=1S/C15H18IN3O/c1-10-5-4-6-14(11(10)2)17-15(20)7-8-19-9-13(16)12(3)18-19/h4-6,9H,7-8H2,1-3H3,(H,17,20). The van der Waals surface area contributed by atoms with Gasteiger partial charge in [-0.2, -0.15) is 5.10 Å². The minimum Gasteiger partial charge on any atom is -0.326 e. The minimum absolute atomic E-state index is 0.0156. The first-order chi connectivity index (χ1) is 9.47. The number of aromatic nitrogens is 2. The van der Waals surface area contributed by atoms with Crippen LogP contribution in [-0.4, -0.2) is 15.7 Å². The van der Waals surface area contributed by atoms with E-state index >= 15 is 0 Å². The molecule has 2 rings (SSSR count). The first-order valence-corrected chi connectivity index (χ1v) is 7.61. The van der Waals surface area contributed by atoms with Crippen molar-refractivity contribution >= 4 is 34.2 Å². The Hall–Kier alpha value is -1.37. The quantitative estimate of drug-likeness (QED) is 0.823. The maximum absolute atomic E-state index is 12.0. The van der Waals surface area contributed by atoms with E-state index in [-0.39, 0.29) is 5.91 Å². The van der Waals surface area contributed by atoms with Crippen molar-refractivity contribution in [1.82, 2.24) is 9.78 Å². The molecule has 0 aliphatic rings. The van der Waals surface area contributed by atoms with E-state index in [0.717, 1.165) is 20.5 Å². The molecule has 0 fully saturated rings. The van der Waals surface area contributed by atoms with E-state index in [1.165, 1.54) is 5.56 Å². The van der Waals surface area contributed by atoms with Crippen LogP contribution in [0.3, 0.4) is 0 Å². The molecule has 0 aliphatic carbocycles. The first kappa shape index (κ1) is 15.0. The van der Waals surface area contributed by atoms with Crippen LogP contribution in [0, 0.1) is 24.3 Å². The summed E-state index contributed by atoms with van der Waals surface area (Å²) in [6.45, 7) is 6.62. The van der Waals surface area contributed by atoms with Gasteiger partial charge < -0.3 is 5.32 Å². The SMILES string of the molecule is Cc1cccc(NC(=O)CCn2cc(I)c(C)n2)c1C. The van der Waals surface area contributed by atoms with Gasteiger partial charge in [0.1, 0.15) is 0 Å². The van der Waals surface area contributed by atoms with E-state index < -0.39 is 0 Å². The van der Waals surface area contributed by atoms with Crippen LogP contribution < -0.4 is 5.32 Å². The van der Waals surface area contributed by atoms with E-state index in [1.54, 1.807) is 0 Å². The van der Waals surface area contributed by atoms with Gasteiger partial charge >= 0.3 is 0 Å². The van der Waals surface area contributed by atoms with Gasteiger partial charge in [-0.25, -0.2) is 0 Å². The Morgan fingerprint density at radius 3 is 2.75 bits per heavy atom. The van der Waals surface area contributed by atoms with Gasteiger partial charge in [0.25, 0.3) is 0 Å². The topological polar surface area (TPSA) is 46.9 Å². The van der Waals surface area contributed by atoms with Crippen molar-refractivity contribution in [2.24, 2.45) is 0 Å². The molecule has 0 unspecified atom stereocenters. The number of carbonyl (C=O) groups is 1. The van der Waals surface area contributed by atoms with Crippen LogP contribution in [0.25, 0.3) is 0 Å². The molecule has 106 valence electrons. The van der Waals surface area contributed by atoms with Crippen LogP contribution in [0.5, 0.6) is 0 Å². The number of halogens is 1. The van der Waals surface area contributed by atoms with Gasteiger partial charge in [0.05, 0.1) is 9.26 Å². The normalized spacial score (nSPS) is 10.6. The van der Waals surface area contributed by atoms with Gasteiger partial charge in [0, 0.05) is 24.8 Å². The molecule has 1 amide bonds. The second kappa shape index (κ2) is 6.39. The molecule has 1 aromatic heterocycles. The number of nitrogens with one attached hydrogen (secondary N) is 1. The Morgan fingerprint density at radius 2 is 2.10 bits per heavy atom. The third-order valence-corrected chi connectivity index (χ3v) is 4.39. The number of nitrogens with zero attached hydrogens (tertiary/aromatic N) is 2. The van der Waals surface area contributed by atoms with Crippen LogP contribution in [-0.2, 0) is 11.3 Å². The second-order valence-electron chi connectivity index (χ2n) is 4.87. The van der Waals surface area contributed by atoms with E-state index in [9.17, 15) is 4.79 Å². The predicted molar refractivity (Wildman–Crippen MR) is 88.8 cm³/mol. The van der Waals surface area contributed by atoms with Crippen LogP contribution in [0.2, 0.25) is 0 Å². The fraction of sp³-hybridized carbons (Fsp3) is 0.333. The third kappa shape index (κ3) is 3.59. The lowest BCUT2D eigenvalue weighted by atomic mass is 10.1. The Bertz CT molecular complexity index is 615. The smallest absolute Gasteiger partial charge is 0.226 e. The summed E-state index contributed by atoms with van der Waals surface area (Å²) < 4.78 is 2.94. The molecule has 0 spiro atoms. The summed E-state index contributed by atoms with van der Waals surface area (Å²) in [4.78, 5) is 12.0. The number of carbonyl (C=O) groups excluding carboxylic acids is 1. The van der Waals surface area contributed by atoms with Crippen molar-refractivity contribution in [2.45, 2.75) is 33.7 Å². The Labute approximate surface area is 132 Å². The number of hydrogen-bond acceptors (Lipinski definition) is 2. The molecule has 4 nitrogen and oxygen atoms in total. The van der Waals surface area contributed by atoms with E-state index in [4.69, 9.17) is 0 Å². The second-order valence-corrected chi connectivity index (χ2v) is 6.03. The highest BCUT2D eigenvalue weighted by Gasteiger charge is 2.07. The van der Waals surface area contributed by atoms with Gasteiger partial charge in [-0.15, -0.1) is 0 Å². The van der Waals surface area contributed by atoms with Crippen molar-refractivity contribution in [3.8, 4) is 0 Å². The lowest BCUT2D eigenvalue weighted by Crippen LogP contribution is -2.15. The Morgan fingerprint density at radius 1 is 1.35 bits per heavy atom. The summed E-state index contributed by atoms with van der Waals surface area (Å²) in [6.07, 6.45) is 2.38. The summed E-state index contributed by atoms with van der Waals surface area (Å²) in [5.41, 5.74) is 4.19. The highest BCUT2D eigenvalue weighted by molar-refractivity contribution is 14.1. The third-order valence-electron chi connectivity index (χ3n) is 3.33. The van der Waals surface area contributed by atoms with E-state index in [0.29, 0.717) is 13.0 Å². The molecule has 0 radical (unpaired) electrons. The largest absolute Gasteiger partial charge is 0.326 e. The Balaban J connectivity index is 1.94. The zero-order valence-corrected chi connectivity index (χ0v) is 14.1. The maximum Gasteiger partial charge on any atom is 0.226 e. The van der Waals surface area contributed by atoms with Crippen molar-refractivity contribution in [2.75, 3.05) is 5.32 Å². The summed E-state index contributed by atoms with van der Waals surface area (Å²) >= 11 is 2.24. The van der Waals surface area contributed by atoms with Crippen LogP contribution >= 0.6 is 22.6 Å². The summed E-state index contributed by atoms with van der Waals surface area (Å²) in [5.74, 6) is 0.0156. The molecule has 1 aromatic carbocycles. The molecular formula is C15H18IN3O. The lowest BCUT2D eigenvalue weighted by molar-refractivity contribution is -0.116. The van der Waals surface area contributed by atoms with Crippen LogP contribution in [0.4, 0.5) is 5.69 Å². The predicted octanol–water partition coefficient (Wildman–Crippen LogP) is 3.44. The molecule has 5 heteroatoms. The molecule has 1 N–H and O–H groups in total. The van der Waals surface area contributed by atoms with Gasteiger partial charge in [-0.1, -0.05) is 12.1 Å². The zero-order chi connectivity index (χ0) is 14.7. The van der Waals surface area contributed by atoms with Crippen molar-refractivity contribution in [1.29, 1.82) is 0 Å². The summed E-state index contributed by atoms with van der Waals surface area (Å²) in [7, 11) is 0. The first-order valence-electron chi connectivity index (χ1n) is 6.53. The highest BCUT2D eigenvalue weighted by atomic mass is 127. The zero-order valence-electron chi connectivity index (χ0n) is 11.9. The van der Waals surface area contributed by atoms with Gasteiger partial charge in [-0.05, 0) is 60.6 Å². The number of anilines is 1. The van der Waals surface area contributed by atoms with Crippen LogP contribution in [0.1, 0.15) is 23.2 Å². The molecule has 1 heterocycles. The van der Waals surface area contributed by atoms with E-state index in [1.807, 2.05) is 49.8 Å². The number of benzene rings is 1. The number of aryl methyl sites for hydroxylation is 3. The number of hydrogen-bond donors (Lipinski definition) is 1. The van der Waals surface area contributed by atoms with Gasteiger partial charge in [0.2, 0.25) is 5.91 Å². The average Bonchev–Trinajstić information content (AvgIpc) is 2.72.